The van der Waals surface area contributed by atoms with Gasteiger partial charge in [-0.1, -0.05) is 11.6 Å². The number of hydrogen-bond acceptors (Lipinski definition) is 4. The van der Waals surface area contributed by atoms with E-state index in [1.54, 1.807) is 24.3 Å². The first-order valence-corrected chi connectivity index (χ1v) is 4.63. The van der Waals surface area contributed by atoms with Crippen molar-refractivity contribution in [2.75, 3.05) is 0 Å². The minimum absolute atomic E-state index is 0.387. The summed E-state index contributed by atoms with van der Waals surface area (Å²) in [5, 5.41) is 20.6. The Labute approximate surface area is 94.2 Å². The van der Waals surface area contributed by atoms with E-state index in [1.165, 1.54) is 0 Å². The molecule has 7 heteroatoms. The van der Waals surface area contributed by atoms with E-state index >= 15 is 0 Å². The van der Waals surface area contributed by atoms with Crippen LogP contribution in [0.2, 0.25) is 5.02 Å². The van der Waals surface area contributed by atoms with Gasteiger partial charge in [0.05, 0.1) is 5.90 Å². The fourth-order valence-corrected chi connectivity index (χ4v) is 1.36. The van der Waals surface area contributed by atoms with Crippen LogP contribution in [0.25, 0.3) is 5.69 Å². The first kappa shape index (κ1) is 10.4. The van der Waals surface area contributed by atoms with E-state index in [1.807, 2.05) is 0 Å². The quantitative estimate of drug-likeness (QED) is 0.423. The van der Waals surface area contributed by atoms with E-state index in [-0.39, 0.29) is 5.69 Å². The number of nitrogens with zero attached hydrogens (tertiary/aromatic N) is 1. The van der Waals surface area contributed by atoms with Crippen LogP contribution in [-0.4, -0.2) is 11.2 Å². The molecule has 0 saturated carbocycles. The maximum Gasteiger partial charge on any atom is 0.436 e. The Bertz CT molecular complexity index is 585. The normalized spacial score (nSPS) is 10.3. The number of aromatic nitrogens is 2. The van der Waals surface area contributed by atoms with E-state index in [9.17, 15) is 9.90 Å². The van der Waals surface area contributed by atoms with Crippen molar-refractivity contribution in [2.45, 2.75) is 0 Å². The van der Waals surface area contributed by atoms with E-state index in [0.29, 0.717) is 10.7 Å². The van der Waals surface area contributed by atoms with Crippen LogP contribution >= 0.6 is 11.6 Å². The molecule has 0 bridgehead atoms. The molecule has 0 unspecified atom stereocenters. The molecule has 0 fully saturated rings. The Morgan fingerprint density at radius 3 is 2.62 bits per heavy atom. The standard InChI is InChI=1S/C9H6ClN3O3/c10-5-1-3-6(4-2-5)13-7(8(11)14)9(15)16-12-13/h1-4H,(H2-,11,12,14,15). The SMILES string of the molecule is N=C([O-])c1c(=O)o[nH][n+]1-c1ccc(Cl)cc1. The molecule has 16 heavy (non-hydrogen) atoms. The monoisotopic (exact) mass is 239 g/mol. The van der Waals surface area contributed by atoms with Crippen molar-refractivity contribution in [2.24, 2.45) is 0 Å². The van der Waals surface area contributed by atoms with Crippen molar-refractivity contribution in [1.29, 1.82) is 5.41 Å². The zero-order valence-electron chi connectivity index (χ0n) is 7.86. The van der Waals surface area contributed by atoms with Gasteiger partial charge in [-0.05, 0) is 22.1 Å². The van der Waals surface area contributed by atoms with Crippen LogP contribution in [0.15, 0.2) is 33.6 Å². The van der Waals surface area contributed by atoms with Gasteiger partial charge in [-0.15, -0.1) is 0 Å². The van der Waals surface area contributed by atoms with Crippen molar-refractivity contribution >= 4 is 17.5 Å². The second-order valence-corrected chi connectivity index (χ2v) is 3.41. The Kier molecular flexibility index (Phi) is 2.49. The Morgan fingerprint density at radius 1 is 1.44 bits per heavy atom. The second kappa shape index (κ2) is 3.82. The first-order valence-electron chi connectivity index (χ1n) is 4.25. The van der Waals surface area contributed by atoms with Gasteiger partial charge < -0.3 is 10.5 Å². The molecular weight excluding hydrogens is 234 g/mol. The largest absolute Gasteiger partial charge is 0.854 e. The Balaban J connectivity index is 2.60. The van der Waals surface area contributed by atoms with Crippen LogP contribution in [0.1, 0.15) is 5.69 Å². The summed E-state index contributed by atoms with van der Waals surface area (Å²) >= 11 is 5.70. The van der Waals surface area contributed by atoms with Crippen molar-refractivity contribution in [1.82, 2.24) is 5.27 Å². The zero-order chi connectivity index (χ0) is 11.7. The molecule has 0 atom stereocenters. The first-order chi connectivity index (χ1) is 7.59. The van der Waals surface area contributed by atoms with Gasteiger partial charge in [-0.2, -0.15) is 0 Å². The van der Waals surface area contributed by atoms with Crippen LogP contribution in [0.5, 0.6) is 0 Å². The van der Waals surface area contributed by atoms with Gasteiger partial charge >= 0.3 is 11.3 Å². The molecule has 1 heterocycles. The summed E-state index contributed by atoms with van der Waals surface area (Å²) in [5.74, 6) is -1.12. The molecule has 0 aliphatic rings. The lowest BCUT2D eigenvalue weighted by Gasteiger charge is -1.98. The van der Waals surface area contributed by atoms with Crippen LogP contribution in [0, 0.1) is 5.41 Å². The van der Waals surface area contributed by atoms with E-state index in [4.69, 9.17) is 17.0 Å². The predicted octanol–water partition coefficient (Wildman–Crippen LogP) is -0.416. The molecule has 0 radical (unpaired) electrons. The Hall–Kier alpha value is -2.08. The Morgan fingerprint density at radius 2 is 2.06 bits per heavy atom. The lowest BCUT2D eigenvalue weighted by molar-refractivity contribution is -0.673. The molecule has 1 aromatic heterocycles. The number of aromatic amines is 1. The van der Waals surface area contributed by atoms with Gasteiger partial charge in [0, 0.05) is 17.2 Å². The third-order valence-electron chi connectivity index (χ3n) is 1.95. The molecule has 1 aromatic carbocycles. The van der Waals surface area contributed by atoms with Crippen molar-refractivity contribution in [3.63, 3.8) is 0 Å². The lowest BCUT2D eigenvalue weighted by Crippen LogP contribution is -2.44. The van der Waals surface area contributed by atoms with Crippen molar-refractivity contribution in [3.05, 3.63) is 45.4 Å². The van der Waals surface area contributed by atoms with Gasteiger partial charge in [0.25, 0.3) is 0 Å². The van der Waals surface area contributed by atoms with Gasteiger partial charge in [0.1, 0.15) is 0 Å². The average Bonchev–Trinajstić information content (AvgIpc) is 2.61. The molecule has 2 aromatic rings. The number of hydrogen-bond donors (Lipinski definition) is 2. The predicted molar refractivity (Wildman–Crippen MR) is 52.7 cm³/mol. The molecule has 0 amide bonds. The molecule has 0 aliphatic heterocycles. The summed E-state index contributed by atoms with van der Waals surface area (Å²) in [5.41, 5.74) is -0.789. The molecule has 0 aliphatic carbocycles. The second-order valence-electron chi connectivity index (χ2n) is 2.97. The van der Waals surface area contributed by atoms with Crippen LogP contribution in [0.3, 0.4) is 0 Å². The minimum atomic E-state index is -1.12. The zero-order valence-corrected chi connectivity index (χ0v) is 8.62. The number of halogens is 1. The molecule has 0 spiro atoms. The highest BCUT2D eigenvalue weighted by molar-refractivity contribution is 6.30. The van der Waals surface area contributed by atoms with Gasteiger partial charge in [0.2, 0.25) is 5.69 Å². The van der Waals surface area contributed by atoms with Crippen molar-refractivity contribution < 1.29 is 14.3 Å². The number of H-pyrrole nitrogens is 1. The summed E-state index contributed by atoms with van der Waals surface area (Å²) in [4.78, 5) is 11.1. The fraction of sp³-hybridized carbons (Fsp3) is 0. The summed E-state index contributed by atoms with van der Waals surface area (Å²) in [6, 6.07) is 6.35. The molecule has 2 N–H and O–H groups in total. The highest BCUT2D eigenvalue weighted by atomic mass is 35.5. The summed E-state index contributed by atoms with van der Waals surface area (Å²) < 4.78 is 5.54. The van der Waals surface area contributed by atoms with E-state index in [0.717, 1.165) is 4.68 Å². The molecule has 82 valence electrons. The summed E-state index contributed by atoms with van der Waals surface area (Å²) in [7, 11) is 0. The summed E-state index contributed by atoms with van der Waals surface area (Å²) in [6.07, 6.45) is 0. The lowest BCUT2D eigenvalue weighted by atomic mass is 10.3. The van der Waals surface area contributed by atoms with E-state index < -0.39 is 11.5 Å². The maximum absolute atomic E-state index is 11.1. The highest BCUT2D eigenvalue weighted by Gasteiger charge is 2.22. The molecule has 2 rings (SSSR count). The van der Waals surface area contributed by atoms with Gasteiger partial charge in [-0.25, -0.2) is 4.79 Å². The van der Waals surface area contributed by atoms with Crippen LogP contribution in [-0.2, 0) is 0 Å². The highest BCUT2D eigenvalue weighted by Crippen LogP contribution is 2.08. The number of benzene rings is 1. The van der Waals surface area contributed by atoms with Crippen LogP contribution < -0.4 is 15.4 Å². The average molecular weight is 240 g/mol. The topological polar surface area (TPSA) is 96.8 Å². The number of nitrogens with one attached hydrogen (secondary N) is 2. The summed E-state index contributed by atoms with van der Waals surface area (Å²) in [6.45, 7) is 0. The third kappa shape index (κ3) is 1.70. The molecular formula is C9H6ClN3O3. The van der Waals surface area contributed by atoms with Gasteiger partial charge in [-0.3, -0.25) is 4.52 Å². The van der Waals surface area contributed by atoms with Crippen LogP contribution in [0.4, 0.5) is 0 Å². The third-order valence-corrected chi connectivity index (χ3v) is 2.20. The molecule has 6 nitrogen and oxygen atoms in total. The minimum Gasteiger partial charge on any atom is -0.854 e. The smallest absolute Gasteiger partial charge is 0.436 e. The fourth-order valence-electron chi connectivity index (χ4n) is 1.24. The van der Waals surface area contributed by atoms with E-state index in [2.05, 4.69) is 9.79 Å². The number of rotatable bonds is 2. The molecule has 0 saturated heterocycles. The van der Waals surface area contributed by atoms with Gasteiger partial charge in [0.15, 0.2) is 0 Å². The maximum atomic E-state index is 11.1. The van der Waals surface area contributed by atoms with Crippen molar-refractivity contribution in [3.8, 4) is 5.69 Å².